The van der Waals surface area contributed by atoms with E-state index in [9.17, 15) is 20.3 Å². The van der Waals surface area contributed by atoms with Crippen molar-refractivity contribution in [2.45, 2.75) is 6.29 Å². The molecule has 0 spiro atoms. The quantitative estimate of drug-likeness (QED) is 0.444. The van der Waals surface area contributed by atoms with Crippen LogP contribution < -0.4 is 0 Å². The third-order valence-corrected chi connectivity index (χ3v) is 2.18. The Labute approximate surface area is 90.0 Å². The van der Waals surface area contributed by atoms with Crippen LogP contribution >= 0.6 is 0 Å². The van der Waals surface area contributed by atoms with Gasteiger partial charge >= 0.3 is 5.69 Å². The molecule has 2 N–H and O–H groups in total. The average Bonchev–Trinajstić information content (AvgIpc) is 2.74. The van der Waals surface area contributed by atoms with Gasteiger partial charge in [0.05, 0.1) is 18.1 Å². The van der Waals surface area contributed by atoms with Gasteiger partial charge in [0.15, 0.2) is 12.0 Å². The Kier molecular flexibility index (Phi) is 2.63. The molecule has 1 aromatic rings. The second-order valence-electron chi connectivity index (χ2n) is 3.24. The molecule has 2 rings (SSSR count). The van der Waals surface area contributed by atoms with E-state index in [0.717, 1.165) is 6.07 Å². The molecule has 1 aliphatic heterocycles. The van der Waals surface area contributed by atoms with Crippen LogP contribution in [0.2, 0.25) is 0 Å². The lowest BCUT2D eigenvalue weighted by Gasteiger charge is -2.10. The lowest BCUT2D eigenvalue weighted by molar-refractivity contribution is -0.386. The van der Waals surface area contributed by atoms with Crippen molar-refractivity contribution in [2.24, 2.45) is 0 Å². The van der Waals surface area contributed by atoms with Crippen LogP contribution in [0.1, 0.15) is 11.9 Å². The summed E-state index contributed by atoms with van der Waals surface area (Å²) in [6, 6.07) is 2.30. The summed E-state index contributed by atoms with van der Waals surface area (Å²) >= 11 is 0. The number of nitro groups is 1. The molecule has 16 heavy (non-hydrogen) atoms. The topological polar surface area (TPSA) is 102 Å². The van der Waals surface area contributed by atoms with Crippen LogP contribution in [-0.2, 0) is 9.47 Å². The van der Waals surface area contributed by atoms with E-state index < -0.39 is 28.4 Å². The summed E-state index contributed by atoms with van der Waals surface area (Å²) in [7, 11) is 0. The molecule has 1 heterocycles. The summed E-state index contributed by atoms with van der Waals surface area (Å²) in [5.41, 5.74) is -0.270. The van der Waals surface area contributed by atoms with Crippen LogP contribution in [0.3, 0.4) is 0 Å². The summed E-state index contributed by atoms with van der Waals surface area (Å²) in [5.74, 6) is -1.32. The number of benzene rings is 1. The van der Waals surface area contributed by atoms with Crippen LogP contribution in [0.15, 0.2) is 12.1 Å². The van der Waals surface area contributed by atoms with E-state index in [1.165, 1.54) is 6.07 Å². The zero-order valence-corrected chi connectivity index (χ0v) is 8.12. The van der Waals surface area contributed by atoms with Gasteiger partial charge in [0, 0.05) is 11.6 Å². The first-order valence-electron chi connectivity index (χ1n) is 4.53. The van der Waals surface area contributed by atoms with Gasteiger partial charge in [-0.3, -0.25) is 10.1 Å². The second-order valence-corrected chi connectivity index (χ2v) is 3.24. The van der Waals surface area contributed by atoms with Crippen LogP contribution in [0.4, 0.5) is 5.69 Å². The Morgan fingerprint density at radius 3 is 2.50 bits per heavy atom. The minimum Gasteiger partial charge on any atom is -0.504 e. The summed E-state index contributed by atoms with van der Waals surface area (Å²) in [6.07, 6.45) is -0.731. The molecular formula is C9H9NO6. The van der Waals surface area contributed by atoms with Crippen molar-refractivity contribution in [3.05, 3.63) is 27.8 Å². The van der Waals surface area contributed by atoms with Crippen LogP contribution in [0.25, 0.3) is 0 Å². The molecule has 1 aliphatic rings. The highest BCUT2D eigenvalue weighted by atomic mass is 16.7. The van der Waals surface area contributed by atoms with Gasteiger partial charge in [0.2, 0.25) is 5.75 Å². The fourth-order valence-corrected chi connectivity index (χ4v) is 1.45. The highest BCUT2D eigenvalue weighted by Crippen LogP contribution is 2.39. The monoisotopic (exact) mass is 227 g/mol. The second kappa shape index (κ2) is 3.95. The minimum absolute atomic E-state index is 0.305. The molecule has 0 radical (unpaired) electrons. The van der Waals surface area contributed by atoms with Crippen LogP contribution in [0, 0.1) is 10.1 Å². The molecule has 0 aromatic heterocycles. The molecule has 0 atom stereocenters. The molecule has 0 bridgehead atoms. The Hall–Kier alpha value is -1.86. The molecule has 86 valence electrons. The molecule has 1 aromatic carbocycles. The fraction of sp³-hybridized carbons (Fsp3) is 0.333. The number of ether oxygens (including phenoxy) is 2. The first-order valence-corrected chi connectivity index (χ1v) is 4.53. The van der Waals surface area contributed by atoms with Crippen LogP contribution in [0.5, 0.6) is 11.5 Å². The molecular weight excluding hydrogens is 218 g/mol. The first kappa shape index (κ1) is 10.7. The van der Waals surface area contributed by atoms with E-state index in [2.05, 4.69) is 0 Å². The predicted octanol–water partition coefficient (Wildman–Crippen LogP) is 1.05. The highest BCUT2D eigenvalue weighted by molar-refractivity contribution is 5.56. The number of phenols is 2. The number of phenolic OH excluding ortho intramolecular Hbond substituents is 2. The third kappa shape index (κ3) is 1.77. The fourth-order valence-electron chi connectivity index (χ4n) is 1.45. The lowest BCUT2D eigenvalue weighted by atomic mass is 10.1. The molecule has 1 fully saturated rings. The van der Waals surface area contributed by atoms with E-state index in [1.54, 1.807) is 0 Å². The molecule has 0 aliphatic carbocycles. The summed E-state index contributed by atoms with van der Waals surface area (Å²) in [6.45, 7) is 0.778. The Morgan fingerprint density at radius 2 is 1.94 bits per heavy atom. The summed E-state index contributed by atoms with van der Waals surface area (Å²) < 4.78 is 10.3. The van der Waals surface area contributed by atoms with E-state index >= 15 is 0 Å². The van der Waals surface area contributed by atoms with Crippen LogP contribution in [-0.4, -0.2) is 28.4 Å². The van der Waals surface area contributed by atoms with Gasteiger partial charge in [-0.1, -0.05) is 0 Å². The van der Waals surface area contributed by atoms with Crippen molar-refractivity contribution in [1.82, 2.24) is 0 Å². The Morgan fingerprint density at radius 1 is 1.31 bits per heavy atom. The number of nitro benzene ring substituents is 1. The van der Waals surface area contributed by atoms with Gasteiger partial charge in [-0.05, 0) is 6.07 Å². The zero-order valence-electron chi connectivity index (χ0n) is 8.12. The lowest BCUT2D eigenvalue weighted by Crippen LogP contribution is -1.99. The first-order chi connectivity index (χ1) is 7.59. The van der Waals surface area contributed by atoms with Gasteiger partial charge in [-0.2, -0.15) is 0 Å². The van der Waals surface area contributed by atoms with Crippen molar-refractivity contribution in [2.75, 3.05) is 13.2 Å². The van der Waals surface area contributed by atoms with Crippen molar-refractivity contribution in [3.63, 3.8) is 0 Å². The molecule has 0 unspecified atom stereocenters. The van der Waals surface area contributed by atoms with Crippen molar-refractivity contribution in [3.8, 4) is 11.5 Å². The van der Waals surface area contributed by atoms with Gasteiger partial charge in [0.25, 0.3) is 0 Å². The van der Waals surface area contributed by atoms with E-state index in [4.69, 9.17) is 9.47 Å². The molecule has 0 saturated carbocycles. The Bertz CT molecular complexity index is 426. The average molecular weight is 227 g/mol. The summed E-state index contributed by atoms with van der Waals surface area (Å²) in [4.78, 5) is 9.81. The van der Waals surface area contributed by atoms with Crippen molar-refractivity contribution >= 4 is 5.69 Å². The van der Waals surface area contributed by atoms with Gasteiger partial charge in [-0.25, -0.2) is 0 Å². The van der Waals surface area contributed by atoms with Gasteiger partial charge in [-0.15, -0.1) is 0 Å². The SMILES string of the molecule is O=[N+]([O-])c1cc(C2OCCO2)cc(O)c1O. The van der Waals surface area contributed by atoms with Gasteiger partial charge in [0.1, 0.15) is 0 Å². The standard InChI is InChI=1S/C9H9NO6/c11-7-4-5(9-15-1-2-16-9)3-6(8(7)12)10(13)14/h3-4,9,11-12H,1-2H2. The maximum absolute atomic E-state index is 10.6. The molecule has 0 amide bonds. The number of hydrogen-bond acceptors (Lipinski definition) is 6. The number of hydrogen-bond donors (Lipinski definition) is 2. The summed E-state index contributed by atoms with van der Waals surface area (Å²) in [5, 5.41) is 29.2. The van der Waals surface area contributed by atoms with Crippen molar-refractivity contribution < 1.29 is 24.6 Å². The highest BCUT2D eigenvalue weighted by Gasteiger charge is 2.25. The predicted molar refractivity (Wildman–Crippen MR) is 51.1 cm³/mol. The molecule has 1 saturated heterocycles. The number of rotatable bonds is 2. The zero-order chi connectivity index (χ0) is 11.7. The van der Waals surface area contributed by atoms with E-state index in [0.29, 0.717) is 18.8 Å². The number of aromatic hydroxyl groups is 2. The normalized spacial score (nSPS) is 16.5. The van der Waals surface area contributed by atoms with E-state index in [1.807, 2.05) is 0 Å². The molecule has 7 nitrogen and oxygen atoms in total. The largest absolute Gasteiger partial charge is 0.504 e. The minimum atomic E-state index is -0.784. The van der Waals surface area contributed by atoms with Gasteiger partial charge < -0.3 is 19.7 Å². The Balaban J connectivity index is 2.43. The number of nitrogens with zero attached hydrogens (tertiary/aromatic N) is 1. The maximum atomic E-state index is 10.6. The van der Waals surface area contributed by atoms with Crippen molar-refractivity contribution in [1.29, 1.82) is 0 Å². The third-order valence-electron chi connectivity index (χ3n) is 2.18. The smallest absolute Gasteiger partial charge is 0.315 e. The molecule has 7 heteroatoms. The van der Waals surface area contributed by atoms with E-state index in [-0.39, 0.29) is 0 Å². The maximum Gasteiger partial charge on any atom is 0.315 e.